The summed E-state index contributed by atoms with van der Waals surface area (Å²) in [6.07, 6.45) is 3.02. The topological polar surface area (TPSA) is 92.7 Å². The molecule has 9 nitrogen and oxygen atoms in total. The van der Waals surface area contributed by atoms with Crippen LogP contribution in [0.15, 0.2) is 24.5 Å². The Morgan fingerprint density at radius 3 is 2.72 bits per heavy atom. The van der Waals surface area contributed by atoms with Crippen LogP contribution >= 0.6 is 23.2 Å². The van der Waals surface area contributed by atoms with Crippen molar-refractivity contribution in [3.8, 4) is 11.1 Å². The lowest BCUT2D eigenvalue weighted by Crippen LogP contribution is -2.49. The monoisotopic (exact) mass is 533 g/mol. The molecule has 0 saturated carbocycles. The second-order valence-corrected chi connectivity index (χ2v) is 10.9. The zero-order chi connectivity index (χ0) is 25.6. The van der Waals surface area contributed by atoms with Crippen LogP contribution in [-0.4, -0.2) is 74.5 Å². The van der Waals surface area contributed by atoms with E-state index in [1.54, 1.807) is 17.2 Å². The molecule has 2 aromatic heterocycles. The van der Waals surface area contributed by atoms with Gasteiger partial charge in [-0.15, -0.1) is 0 Å². The quantitative estimate of drug-likeness (QED) is 0.526. The number of aromatic amines is 1. The molecule has 4 heterocycles. The number of rotatable bonds is 3. The summed E-state index contributed by atoms with van der Waals surface area (Å²) in [7, 11) is 0. The molecule has 1 atom stereocenters. The molecule has 3 aromatic rings. The number of carbonyl (C=O) groups excluding carboxylic acids is 2. The van der Waals surface area contributed by atoms with Crippen molar-refractivity contribution in [1.82, 2.24) is 24.6 Å². The number of nitrogens with one attached hydrogen (secondary N) is 1. The van der Waals surface area contributed by atoms with Crippen molar-refractivity contribution in [1.29, 1.82) is 0 Å². The predicted molar refractivity (Wildman–Crippen MR) is 137 cm³/mol. The Morgan fingerprint density at radius 2 is 2.00 bits per heavy atom. The molecule has 0 bridgehead atoms. The molecule has 1 aromatic carbocycles. The van der Waals surface area contributed by atoms with Gasteiger partial charge in [-0.1, -0.05) is 29.3 Å². The van der Waals surface area contributed by atoms with Gasteiger partial charge in [-0.25, -0.2) is 4.79 Å². The number of morpholine rings is 1. The highest BCUT2D eigenvalue weighted by molar-refractivity contribution is 6.45. The summed E-state index contributed by atoms with van der Waals surface area (Å²) in [4.78, 5) is 29.3. The van der Waals surface area contributed by atoms with Crippen molar-refractivity contribution < 1.29 is 19.1 Å². The molecule has 0 aliphatic carbocycles. The zero-order valence-electron chi connectivity index (χ0n) is 20.5. The van der Waals surface area contributed by atoms with Crippen LogP contribution < -0.4 is 0 Å². The highest BCUT2D eigenvalue weighted by Gasteiger charge is 2.33. The van der Waals surface area contributed by atoms with E-state index in [0.717, 1.165) is 27.7 Å². The lowest BCUT2D eigenvalue weighted by atomic mass is 10.0. The van der Waals surface area contributed by atoms with Gasteiger partial charge in [-0.3, -0.25) is 9.89 Å². The molecule has 36 heavy (non-hydrogen) atoms. The molecule has 1 unspecified atom stereocenters. The molecule has 2 amide bonds. The first-order valence-electron chi connectivity index (χ1n) is 12.0. The second-order valence-electron chi connectivity index (χ2n) is 10.2. The first-order chi connectivity index (χ1) is 17.1. The van der Waals surface area contributed by atoms with Gasteiger partial charge in [-0.05, 0) is 26.8 Å². The number of carbonyl (C=O) groups is 2. The van der Waals surface area contributed by atoms with Gasteiger partial charge in [0.1, 0.15) is 5.60 Å². The van der Waals surface area contributed by atoms with Crippen molar-refractivity contribution in [2.75, 3.05) is 26.2 Å². The standard InChI is InChI=1S/C25H29Cl2N5O4/c1-25(2,3)36-24(34)31-8-9-35-16(13-31)10-20(33)30-6-7-32-19(14-30)21(15-11-28-29-12-15)17-4-5-18(26)22(27)23(17)32/h4-5,11-12,16H,6-10,13-14H2,1-3H3,(H,28,29). The average Bonchev–Trinajstić information content (AvgIpc) is 3.46. The zero-order valence-corrected chi connectivity index (χ0v) is 22.0. The Balaban J connectivity index is 1.35. The van der Waals surface area contributed by atoms with Crippen molar-refractivity contribution in [3.05, 3.63) is 40.3 Å². The molecule has 1 N–H and O–H groups in total. The number of nitrogens with zero attached hydrogens (tertiary/aromatic N) is 4. The molecule has 192 valence electrons. The van der Waals surface area contributed by atoms with E-state index in [4.69, 9.17) is 32.7 Å². The van der Waals surface area contributed by atoms with Gasteiger partial charge in [0.25, 0.3) is 0 Å². The van der Waals surface area contributed by atoms with Crippen LogP contribution in [0.25, 0.3) is 22.0 Å². The predicted octanol–water partition coefficient (Wildman–Crippen LogP) is 4.71. The van der Waals surface area contributed by atoms with Crippen LogP contribution in [0.5, 0.6) is 0 Å². The van der Waals surface area contributed by atoms with E-state index in [1.807, 2.05) is 37.9 Å². The van der Waals surface area contributed by atoms with Gasteiger partial charge in [0, 0.05) is 48.0 Å². The smallest absolute Gasteiger partial charge is 0.410 e. The van der Waals surface area contributed by atoms with Crippen LogP contribution in [0.4, 0.5) is 4.79 Å². The highest BCUT2D eigenvalue weighted by atomic mass is 35.5. The van der Waals surface area contributed by atoms with Gasteiger partial charge in [0.2, 0.25) is 5.91 Å². The summed E-state index contributed by atoms with van der Waals surface area (Å²) in [5.74, 6) is -0.0233. The maximum atomic E-state index is 13.4. The van der Waals surface area contributed by atoms with Crippen molar-refractivity contribution in [2.45, 2.75) is 52.0 Å². The number of hydrogen-bond donors (Lipinski definition) is 1. The molecule has 1 saturated heterocycles. The lowest BCUT2D eigenvalue weighted by Gasteiger charge is -2.35. The average molecular weight is 534 g/mol. The number of aromatic nitrogens is 3. The molecule has 0 radical (unpaired) electrons. The normalized spacial score (nSPS) is 18.4. The molecular formula is C25H29Cl2N5O4. The summed E-state index contributed by atoms with van der Waals surface area (Å²) >= 11 is 13.0. The largest absolute Gasteiger partial charge is 0.444 e. The van der Waals surface area contributed by atoms with Gasteiger partial charge >= 0.3 is 6.09 Å². The van der Waals surface area contributed by atoms with Gasteiger partial charge in [0.05, 0.1) is 54.0 Å². The van der Waals surface area contributed by atoms with E-state index in [1.165, 1.54) is 0 Å². The molecule has 2 aliphatic heterocycles. The minimum atomic E-state index is -0.577. The molecule has 5 rings (SSSR count). The van der Waals surface area contributed by atoms with E-state index < -0.39 is 5.60 Å². The van der Waals surface area contributed by atoms with Crippen molar-refractivity contribution >= 4 is 46.1 Å². The van der Waals surface area contributed by atoms with E-state index in [9.17, 15) is 9.59 Å². The number of ether oxygens (including phenoxy) is 2. The first kappa shape index (κ1) is 24.9. The van der Waals surface area contributed by atoms with E-state index in [-0.39, 0.29) is 24.5 Å². The van der Waals surface area contributed by atoms with Gasteiger partial charge in [-0.2, -0.15) is 5.10 Å². The van der Waals surface area contributed by atoms with Crippen LogP contribution in [0.2, 0.25) is 10.0 Å². The number of fused-ring (bicyclic) bond motifs is 3. The minimum Gasteiger partial charge on any atom is -0.444 e. The SMILES string of the molecule is CC(C)(C)OC(=O)N1CCOC(CC(=O)N2CCn3c(c(-c4cn[nH]c4)c4ccc(Cl)c(Cl)c43)C2)C1. The van der Waals surface area contributed by atoms with E-state index in [0.29, 0.717) is 49.4 Å². The fraction of sp³-hybridized carbons (Fsp3) is 0.480. The fourth-order valence-electron chi connectivity index (χ4n) is 4.90. The molecular weight excluding hydrogens is 505 g/mol. The summed E-state index contributed by atoms with van der Waals surface area (Å²) < 4.78 is 13.5. The third-order valence-corrected chi connectivity index (χ3v) is 7.28. The summed E-state index contributed by atoms with van der Waals surface area (Å²) in [6.45, 7) is 8.18. The maximum absolute atomic E-state index is 13.4. The molecule has 0 spiro atoms. The number of halogens is 2. The van der Waals surface area contributed by atoms with Crippen molar-refractivity contribution in [3.63, 3.8) is 0 Å². The van der Waals surface area contributed by atoms with Crippen LogP contribution in [0.1, 0.15) is 32.9 Å². The Bertz CT molecular complexity index is 1300. The first-order valence-corrected chi connectivity index (χ1v) is 12.7. The van der Waals surface area contributed by atoms with Crippen LogP contribution in [-0.2, 0) is 27.4 Å². The van der Waals surface area contributed by atoms with Crippen LogP contribution in [0, 0.1) is 0 Å². The third kappa shape index (κ3) is 4.79. The summed E-state index contributed by atoms with van der Waals surface area (Å²) in [6, 6.07) is 3.76. The molecule has 2 aliphatic rings. The minimum absolute atomic E-state index is 0.0233. The van der Waals surface area contributed by atoms with E-state index in [2.05, 4.69) is 14.8 Å². The van der Waals surface area contributed by atoms with Gasteiger partial charge < -0.3 is 23.8 Å². The maximum Gasteiger partial charge on any atom is 0.410 e. The van der Waals surface area contributed by atoms with E-state index >= 15 is 0 Å². The number of hydrogen-bond acceptors (Lipinski definition) is 5. The third-order valence-electron chi connectivity index (χ3n) is 6.49. The Kier molecular flexibility index (Phi) is 6.65. The van der Waals surface area contributed by atoms with Crippen LogP contribution in [0.3, 0.4) is 0 Å². The summed E-state index contributed by atoms with van der Waals surface area (Å²) in [5.41, 5.74) is 3.18. The van der Waals surface area contributed by atoms with Crippen molar-refractivity contribution in [2.24, 2.45) is 0 Å². The molecule has 1 fully saturated rings. The Hall–Kier alpha value is -2.75. The fourth-order valence-corrected chi connectivity index (χ4v) is 5.32. The number of benzene rings is 1. The lowest BCUT2D eigenvalue weighted by molar-refractivity contribution is -0.137. The van der Waals surface area contributed by atoms with Gasteiger partial charge in [0.15, 0.2) is 0 Å². The second kappa shape index (κ2) is 9.61. The number of amides is 2. The molecule has 11 heteroatoms. The number of H-pyrrole nitrogens is 1. The Labute approximate surface area is 219 Å². The Morgan fingerprint density at radius 1 is 1.19 bits per heavy atom. The highest BCUT2D eigenvalue weighted by Crippen LogP contribution is 2.42. The summed E-state index contributed by atoms with van der Waals surface area (Å²) in [5, 5.41) is 8.95.